The van der Waals surface area contributed by atoms with E-state index in [0.717, 1.165) is 5.56 Å². The molecule has 1 aliphatic heterocycles. The topological polar surface area (TPSA) is 69.7 Å². The Morgan fingerprint density at radius 2 is 1.78 bits per heavy atom. The fourth-order valence-electron chi connectivity index (χ4n) is 2.53. The van der Waals surface area contributed by atoms with Crippen molar-refractivity contribution in [1.29, 1.82) is 0 Å². The van der Waals surface area contributed by atoms with E-state index >= 15 is 0 Å². The molecule has 0 saturated carbocycles. The van der Waals surface area contributed by atoms with E-state index in [1.54, 1.807) is 12.1 Å². The van der Waals surface area contributed by atoms with Crippen LogP contribution < -0.4 is 5.32 Å². The first-order valence-corrected chi connectivity index (χ1v) is 9.71. The lowest BCUT2D eigenvalue weighted by atomic mass is 10.2. The SMILES string of the molecule is CC(C(=O)NCc1ccc(Cl)cc1)N1CCN(S(C)(=O)=O)CC1. The number of nitrogens with zero attached hydrogens (tertiary/aromatic N) is 2. The Kier molecular flexibility index (Phi) is 6.02. The molecule has 1 unspecified atom stereocenters. The third kappa shape index (κ3) is 5.17. The molecule has 1 aromatic carbocycles. The molecule has 1 atom stereocenters. The monoisotopic (exact) mass is 359 g/mol. The molecule has 1 aliphatic rings. The van der Waals surface area contributed by atoms with Crippen LogP contribution in [0.3, 0.4) is 0 Å². The highest BCUT2D eigenvalue weighted by Gasteiger charge is 2.28. The van der Waals surface area contributed by atoms with Gasteiger partial charge in [0, 0.05) is 37.7 Å². The van der Waals surface area contributed by atoms with Crippen molar-refractivity contribution in [2.45, 2.75) is 19.5 Å². The first kappa shape index (κ1) is 18.2. The molecule has 0 radical (unpaired) electrons. The zero-order valence-electron chi connectivity index (χ0n) is 13.3. The summed E-state index contributed by atoms with van der Waals surface area (Å²) in [6.45, 7) is 4.25. The third-order valence-electron chi connectivity index (χ3n) is 4.05. The Bertz CT molecular complexity index is 640. The van der Waals surface area contributed by atoms with E-state index < -0.39 is 10.0 Å². The summed E-state index contributed by atoms with van der Waals surface area (Å²) < 4.78 is 24.4. The van der Waals surface area contributed by atoms with Gasteiger partial charge in [0.15, 0.2) is 0 Å². The van der Waals surface area contributed by atoms with E-state index in [1.165, 1.54) is 10.6 Å². The minimum absolute atomic E-state index is 0.0623. The number of carbonyl (C=O) groups excluding carboxylic acids is 1. The molecule has 0 aliphatic carbocycles. The van der Waals surface area contributed by atoms with Gasteiger partial charge in [-0.25, -0.2) is 8.42 Å². The van der Waals surface area contributed by atoms with E-state index in [2.05, 4.69) is 5.32 Å². The van der Waals surface area contributed by atoms with Gasteiger partial charge in [-0.1, -0.05) is 23.7 Å². The summed E-state index contributed by atoms with van der Waals surface area (Å²) in [6.07, 6.45) is 1.21. The van der Waals surface area contributed by atoms with Crippen LogP contribution in [0.4, 0.5) is 0 Å². The fourth-order valence-corrected chi connectivity index (χ4v) is 3.48. The lowest BCUT2D eigenvalue weighted by Crippen LogP contribution is -2.54. The highest BCUT2D eigenvalue weighted by molar-refractivity contribution is 7.88. The van der Waals surface area contributed by atoms with Crippen LogP contribution in [0.15, 0.2) is 24.3 Å². The molecule has 1 amide bonds. The van der Waals surface area contributed by atoms with Crippen molar-refractivity contribution in [3.8, 4) is 0 Å². The van der Waals surface area contributed by atoms with Crippen LogP contribution >= 0.6 is 11.6 Å². The van der Waals surface area contributed by atoms with Crippen molar-refractivity contribution in [3.05, 3.63) is 34.9 Å². The van der Waals surface area contributed by atoms with Crippen LogP contribution in [0.1, 0.15) is 12.5 Å². The van der Waals surface area contributed by atoms with Gasteiger partial charge in [0.2, 0.25) is 15.9 Å². The van der Waals surface area contributed by atoms with Crippen molar-refractivity contribution in [2.24, 2.45) is 0 Å². The number of hydrogen-bond donors (Lipinski definition) is 1. The molecule has 0 bridgehead atoms. The van der Waals surface area contributed by atoms with Gasteiger partial charge in [0.25, 0.3) is 0 Å². The molecule has 6 nitrogen and oxygen atoms in total. The van der Waals surface area contributed by atoms with Crippen LogP contribution in [0.2, 0.25) is 5.02 Å². The van der Waals surface area contributed by atoms with Gasteiger partial charge >= 0.3 is 0 Å². The largest absolute Gasteiger partial charge is 0.351 e. The predicted octanol–water partition coefficient (Wildman–Crippen LogP) is 0.922. The molecule has 0 spiro atoms. The van der Waals surface area contributed by atoms with E-state index in [0.29, 0.717) is 37.7 Å². The van der Waals surface area contributed by atoms with Crippen LogP contribution in [0.5, 0.6) is 0 Å². The predicted molar refractivity (Wildman–Crippen MR) is 90.8 cm³/mol. The molecule has 1 aromatic rings. The number of benzene rings is 1. The molecule has 23 heavy (non-hydrogen) atoms. The molecule has 128 valence electrons. The van der Waals surface area contributed by atoms with E-state index in [1.807, 2.05) is 24.0 Å². The third-order valence-corrected chi connectivity index (χ3v) is 5.60. The zero-order valence-corrected chi connectivity index (χ0v) is 14.9. The molecule has 1 heterocycles. The van der Waals surface area contributed by atoms with Gasteiger partial charge in [-0.05, 0) is 24.6 Å². The second kappa shape index (κ2) is 7.61. The van der Waals surface area contributed by atoms with Gasteiger partial charge in [0.1, 0.15) is 0 Å². The number of halogens is 1. The van der Waals surface area contributed by atoms with Gasteiger partial charge in [0.05, 0.1) is 12.3 Å². The fraction of sp³-hybridized carbons (Fsp3) is 0.533. The Balaban J connectivity index is 1.82. The van der Waals surface area contributed by atoms with Crippen LogP contribution in [-0.2, 0) is 21.4 Å². The lowest BCUT2D eigenvalue weighted by Gasteiger charge is -2.36. The van der Waals surface area contributed by atoms with Crippen molar-refractivity contribution in [1.82, 2.24) is 14.5 Å². The smallest absolute Gasteiger partial charge is 0.237 e. The number of amides is 1. The lowest BCUT2D eigenvalue weighted by molar-refractivity contribution is -0.126. The number of rotatable bonds is 5. The zero-order chi connectivity index (χ0) is 17.0. The Hall–Kier alpha value is -1.15. The van der Waals surface area contributed by atoms with E-state index in [-0.39, 0.29) is 11.9 Å². The summed E-state index contributed by atoms with van der Waals surface area (Å²) in [5.41, 5.74) is 0.983. The summed E-state index contributed by atoms with van der Waals surface area (Å²) in [4.78, 5) is 14.2. The number of carbonyl (C=O) groups is 1. The average molecular weight is 360 g/mol. The van der Waals surface area contributed by atoms with Crippen molar-refractivity contribution >= 4 is 27.5 Å². The molecule has 2 rings (SSSR count). The highest BCUT2D eigenvalue weighted by Crippen LogP contribution is 2.11. The number of nitrogens with one attached hydrogen (secondary N) is 1. The summed E-state index contributed by atoms with van der Waals surface area (Å²) in [5, 5.41) is 3.57. The number of sulfonamides is 1. The van der Waals surface area contributed by atoms with Crippen LogP contribution in [0, 0.1) is 0 Å². The molecule has 1 fully saturated rings. The van der Waals surface area contributed by atoms with Crippen LogP contribution in [-0.4, -0.2) is 62.0 Å². The first-order valence-electron chi connectivity index (χ1n) is 7.48. The summed E-state index contributed by atoms with van der Waals surface area (Å²) in [6, 6.07) is 7.04. The summed E-state index contributed by atoms with van der Waals surface area (Å²) >= 11 is 5.83. The van der Waals surface area contributed by atoms with Crippen LogP contribution in [0.25, 0.3) is 0 Å². The maximum absolute atomic E-state index is 12.3. The van der Waals surface area contributed by atoms with Gasteiger partial charge in [-0.3, -0.25) is 9.69 Å². The molecule has 8 heteroatoms. The van der Waals surface area contributed by atoms with Crippen molar-refractivity contribution < 1.29 is 13.2 Å². The minimum atomic E-state index is -3.15. The normalized spacial score (nSPS) is 18.6. The average Bonchev–Trinajstić information content (AvgIpc) is 2.52. The maximum atomic E-state index is 12.3. The standard InChI is InChI=1S/C15H22ClN3O3S/c1-12(18-7-9-19(10-8-18)23(2,21)22)15(20)17-11-13-3-5-14(16)6-4-13/h3-6,12H,7-11H2,1-2H3,(H,17,20). The molecule has 0 aromatic heterocycles. The highest BCUT2D eigenvalue weighted by atomic mass is 35.5. The second-order valence-corrected chi connectivity index (χ2v) is 8.14. The van der Waals surface area contributed by atoms with Gasteiger partial charge < -0.3 is 5.32 Å². The Morgan fingerprint density at radius 3 is 2.30 bits per heavy atom. The Morgan fingerprint density at radius 1 is 1.22 bits per heavy atom. The van der Waals surface area contributed by atoms with Gasteiger partial charge in [-0.2, -0.15) is 4.31 Å². The van der Waals surface area contributed by atoms with E-state index in [4.69, 9.17) is 11.6 Å². The Labute approximate surface area is 142 Å². The minimum Gasteiger partial charge on any atom is -0.351 e. The molecule has 1 N–H and O–H groups in total. The second-order valence-electron chi connectivity index (χ2n) is 5.72. The van der Waals surface area contributed by atoms with Crippen molar-refractivity contribution in [2.75, 3.05) is 32.4 Å². The van der Waals surface area contributed by atoms with Crippen molar-refractivity contribution in [3.63, 3.8) is 0 Å². The maximum Gasteiger partial charge on any atom is 0.237 e. The number of hydrogen-bond acceptors (Lipinski definition) is 4. The van der Waals surface area contributed by atoms with Gasteiger partial charge in [-0.15, -0.1) is 0 Å². The summed E-state index contributed by atoms with van der Waals surface area (Å²) in [5.74, 6) is -0.0623. The molecule has 1 saturated heterocycles. The first-order chi connectivity index (χ1) is 10.8. The summed E-state index contributed by atoms with van der Waals surface area (Å²) in [7, 11) is -3.15. The number of piperazine rings is 1. The quantitative estimate of drug-likeness (QED) is 0.848. The molecular weight excluding hydrogens is 338 g/mol. The molecular formula is C15H22ClN3O3S. The van der Waals surface area contributed by atoms with E-state index in [9.17, 15) is 13.2 Å².